The number of hydrogen-bond donors (Lipinski definition) is 10. The van der Waals surface area contributed by atoms with Crippen LogP contribution in [-0.4, -0.2) is 119 Å². The standard InChI is InChI=1S/C29H21FN2O4.C27H16ClFN2O5.C27H19FN4O4.C25H15F2N5O5.4CH4/c1-2-17-13-16(18-7-3-5-9-22(18)31-17)15-32-23-14-21(30)19-11-12-36-28(19)26(23)25(27(32)29(34)35)20-8-4-6-10-24(20)33;28-26-14(9-13-5-6-15(32)10-19(13)30-26)12-31-20-11-18(29)16-7-8-36-25(16)23(20)22(24(31)27(34)35)17-3-1-2-4-21(17)33;1-2-4-14-10-20-15(12-30-31-20)9-16(14)13-32-21-11-19(28)17-6-8-36-25(17)23(21)22(24(32)27(34)35)18-5-3-7-29-26(18)33;26-14-7-16-13(23(34)31-25(28)30-16)6-10(14)9-32-17-8-15(27)11-3-5-37-21(11)19(17)18(20(32)24(35)36)12-2-1-4-29-22(12)33;;;;/h3-9,11-14H,2,10,15H2,1H3,(H,34,35);1-3,5-11,32H,4,12H2,(H,34,35);2-3,5-12H,1,4,13H2,(H,29,33)(H,30,31)(H,34,35);1-8H,9H2,(H,29,33)(H,35,36)(H3,28,30,31,34);4*1H4. The van der Waals surface area contributed by atoms with Gasteiger partial charge in [-0.2, -0.15) is 5.10 Å². The molecule has 2 aliphatic rings. The van der Waals surface area contributed by atoms with E-state index in [4.69, 9.17) is 40.0 Å². The molecule has 0 spiro atoms. The van der Waals surface area contributed by atoms with Gasteiger partial charge in [-0.25, -0.2) is 51.1 Å². The predicted octanol–water partition coefficient (Wildman–Crippen LogP) is 23.8. The van der Waals surface area contributed by atoms with E-state index in [1.807, 2.05) is 49.4 Å². The van der Waals surface area contributed by atoms with Gasteiger partial charge in [-0.05, 0) is 151 Å². The molecular formula is C112H87ClF5N13O18. The first-order valence-corrected chi connectivity index (χ1v) is 45.1. The summed E-state index contributed by atoms with van der Waals surface area (Å²) in [5.41, 5.74) is 11.8. The number of nitrogens with two attached hydrogens (primary N) is 1. The number of phenols is 1. The minimum absolute atomic E-state index is 0. The summed E-state index contributed by atoms with van der Waals surface area (Å²) in [6.07, 6.45) is 23.1. The molecule has 149 heavy (non-hydrogen) atoms. The van der Waals surface area contributed by atoms with Crippen LogP contribution in [0, 0.1) is 29.1 Å². The topological polar surface area (TPSA) is 468 Å². The number of aromatic amines is 4. The van der Waals surface area contributed by atoms with Crippen LogP contribution in [0.4, 0.5) is 27.9 Å². The summed E-state index contributed by atoms with van der Waals surface area (Å²) < 4.78 is 104. The molecule has 2 aliphatic carbocycles. The number of H-pyrrole nitrogens is 4. The number of aromatic carboxylic acids is 4. The number of Topliss-reactive ketones (excluding diaryl/α,β-unsaturated/α-hetero) is 2. The third-order valence-electron chi connectivity index (χ3n) is 25.8. The Labute approximate surface area is 842 Å². The molecule has 0 bridgehead atoms. The van der Waals surface area contributed by atoms with E-state index in [9.17, 15) is 68.7 Å². The first-order valence-electron chi connectivity index (χ1n) is 44.7. The molecule has 0 radical (unpaired) electrons. The summed E-state index contributed by atoms with van der Waals surface area (Å²) in [5.74, 6) is -8.96. The van der Waals surface area contributed by atoms with Crippen molar-refractivity contribution in [2.45, 2.75) is 88.5 Å². The van der Waals surface area contributed by atoms with Gasteiger partial charge in [0.25, 0.3) is 16.7 Å². The minimum Gasteiger partial charge on any atom is -0.508 e. The zero-order valence-electron chi connectivity index (χ0n) is 75.3. The second-order valence-electron chi connectivity index (χ2n) is 34.2. The second-order valence-corrected chi connectivity index (χ2v) is 34.5. The number of furan rings is 4. The molecule has 37 heteroatoms. The number of fused-ring (bicyclic) bond motifs is 16. The third-order valence-corrected chi connectivity index (χ3v) is 26.1. The fraction of sp³-hybridized carbons (Fsp3) is 0.116. The van der Waals surface area contributed by atoms with Gasteiger partial charge in [0, 0.05) is 117 Å². The Morgan fingerprint density at radius 3 is 1.37 bits per heavy atom. The van der Waals surface area contributed by atoms with Crippen molar-refractivity contribution in [2.24, 2.45) is 0 Å². The fourth-order valence-electron chi connectivity index (χ4n) is 19.5. The third kappa shape index (κ3) is 17.5. The Hall–Kier alpha value is -19.1. The molecule has 31 nitrogen and oxygen atoms in total. The number of ketones is 2. The van der Waals surface area contributed by atoms with Crippen LogP contribution >= 0.6 is 11.6 Å². The van der Waals surface area contributed by atoms with E-state index in [1.54, 1.807) is 77.6 Å². The Bertz CT molecular complexity index is 9750. The van der Waals surface area contributed by atoms with Crippen molar-refractivity contribution in [3.63, 3.8) is 0 Å². The van der Waals surface area contributed by atoms with Crippen molar-refractivity contribution in [1.82, 2.24) is 58.4 Å². The SMILES string of the molecule is C.C.C.C.C=CCc1cc2[nH]ncc2cc1Cn1c(C(=O)O)c(-c2ccc[nH]c2=O)c2c3occc3c(F)cc21.CCc1cc(Cn2c(C(=O)O)c(C3=CC=CCC3=O)c3c4occc4c(F)cc32)c2ccccc2n1.Nc1nc2cc(F)c(Cn3c(C(=O)O)c(-c4ccc[nH]c4=O)c4c5occc5c(F)cc43)cc2c(=O)[nH]1.O=C1CC=CC=C1c1c(C(=O)O)n(Cc2cc3ccc(O)cc3nc2Cl)c2cc(F)c3ccoc3c12. The number of nitrogens with one attached hydrogen (secondary N) is 4. The van der Waals surface area contributed by atoms with Gasteiger partial charge >= 0.3 is 23.9 Å². The largest absolute Gasteiger partial charge is 0.508 e. The molecule has 0 saturated heterocycles. The van der Waals surface area contributed by atoms with Crippen molar-refractivity contribution in [3.8, 4) is 28.0 Å². The number of hydrogen-bond acceptors (Lipinski definition) is 19. The van der Waals surface area contributed by atoms with Gasteiger partial charge in [0.2, 0.25) is 5.95 Å². The number of carboxylic acids is 4. The van der Waals surface area contributed by atoms with Crippen LogP contribution in [-0.2, 0) is 48.6 Å². The zero-order valence-corrected chi connectivity index (χ0v) is 76.1. The number of carbonyl (C=O) groups excluding carboxylic acids is 2. The molecule has 14 aromatic heterocycles. The first-order chi connectivity index (χ1) is 70.0. The van der Waals surface area contributed by atoms with Crippen molar-refractivity contribution < 1.29 is 93.9 Å². The van der Waals surface area contributed by atoms with Crippen LogP contribution in [0.25, 0.3) is 165 Å². The lowest BCUT2D eigenvalue weighted by Crippen LogP contribution is -2.15. The van der Waals surface area contributed by atoms with Gasteiger partial charge in [-0.1, -0.05) is 109 Å². The van der Waals surface area contributed by atoms with Crippen molar-refractivity contribution in [1.29, 1.82) is 0 Å². The smallest absolute Gasteiger partial charge is 0.353 e. The van der Waals surface area contributed by atoms with Gasteiger partial charge in [0.05, 0.1) is 148 Å². The molecule has 0 unspecified atom stereocenters. The number of nitrogens with zero attached hydrogens (tertiary/aromatic N) is 8. The van der Waals surface area contributed by atoms with E-state index >= 15 is 22.0 Å². The quantitative estimate of drug-likeness (QED) is 0.0204. The van der Waals surface area contributed by atoms with E-state index in [0.717, 1.165) is 56.3 Å². The lowest BCUT2D eigenvalue weighted by Gasteiger charge is -2.14. The molecule has 11 N–H and O–H groups in total. The molecule has 0 saturated carbocycles. The summed E-state index contributed by atoms with van der Waals surface area (Å²) >= 11 is 6.46. The van der Waals surface area contributed by atoms with Crippen molar-refractivity contribution in [3.05, 3.63) is 377 Å². The number of allylic oxidation sites excluding steroid dienone is 9. The maximum atomic E-state index is 15.2. The summed E-state index contributed by atoms with van der Waals surface area (Å²) in [4.78, 5) is 135. The van der Waals surface area contributed by atoms with Crippen molar-refractivity contribution >= 4 is 195 Å². The number of aromatic hydroxyl groups is 1. The number of phenolic OH excluding ortho intramolecular Hbond substituents is 1. The first kappa shape index (κ1) is 101. The van der Waals surface area contributed by atoms with E-state index in [0.29, 0.717) is 56.5 Å². The van der Waals surface area contributed by atoms with E-state index in [2.05, 4.69) is 41.7 Å². The molecule has 0 fully saturated rings. The molecule has 750 valence electrons. The van der Waals surface area contributed by atoms with Gasteiger partial charge < -0.3 is 77.2 Å². The van der Waals surface area contributed by atoms with Crippen LogP contribution in [0.5, 0.6) is 5.75 Å². The number of anilines is 1. The molecule has 24 rings (SSSR count). The van der Waals surface area contributed by atoms with Gasteiger partial charge in [-0.15, -0.1) is 6.58 Å². The van der Waals surface area contributed by atoms with Crippen LogP contribution < -0.4 is 22.4 Å². The van der Waals surface area contributed by atoms with Crippen molar-refractivity contribution in [2.75, 3.05) is 5.73 Å². The van der Waals surface area contributed by atoms with Crippen LogP contribution in [0.15, 0.2) is 276 Å². The number of carbonyl (C=O) groups is 6. The Balaban J connectivity index is 0.000000134. The molecule has 0 amide bonds. The van der Waals surface area contributed by atoms with Gasteiger partial charge in [-0.3, -0.25) is 39.0 Å². The fourth-order valence-corrected chi connectivity index (χ4v) is 19.7. The Morgan fingerprint density at radius 2 is 0.906 bits per heavy atom. The zero-order chi connectivity index (χ0) is 101. The normalized spacial score (nSPS) is 12.3. The summed E-state index contributed by atoms with van der Waals surface area (Å²) in [6, 6.07) is 39.0. The van der Waals surface area contributed by atoms with Gasteiger partial charge in [0.1, 0.15) is 85.1 Å². The lowest BCUT2D eigenvalue weighted by molar-refractivity contribution is -0.113. The monoisotopic (exact) mass is 2030 g/mol. The number of halogens is 6. The number of benzene rings is 8. The van der Waals surface area contributed by atoms with E-state index < -0.39 is 76.2 Å². The number of nitrogen functional groups attached to an aromatic ring is 1. The highest BCUT2D eigenvalue weighted by Crippen LogP contribution is 2.47. The van der Waals surface area contributed by atoms with E-state index in [1.165, 1.54) is 124 Å². The highest BCUT2D eigenvalue weighted by atomic mass is 35.5. The second kappa shape index (κ2) is 40.2. The summed E-state index contributed by atoms with van der Waals surface area (Å²) in [7, 11) is 0. The number of pyridine rings is 4. The highest BCUT2D eigenvalue weighted by Gasteiger charge is 2.37. The molecule has 0 atom stereocenters. The molecule has 14 heterocycles. The van der Waals surface area contributed by atoms with Crippen LogP contribution in [0.3, 0.4) is 0 Å². The maximum absolute atomic E-state index is 15.2. The van der Waals surface area contributed by atoms with Crippen LogP contribution in [0.1, 0.15) is 136 Å². The van der Waals surface area contributed by atoms with Crippen LogP contribution in [0.2, 0.25) is 5.15 Å². The Morgan fingerprint density at radius 1 is 0.456 bits per heavy atom. The number of rotatable bonds is 19. The molecule has 22 aromatic rings. The molecule has 8 aromatic carbocycles. The van der Waals surface area contributed by atoms with E-state index in [-0.39, 0.29) is 235 Å². The number of para-hydroxylation sites is 1. The average Bonchev–Trinajstić information content (AvgIpc) is 1.58. The number of aryl methyl sites for hydroxylation is 1. The minimum atomic E-state index is -1.44. The lowest BCUT2D eigenvalue weighted by atomic mass is 9.93. The van der Waals surface area contributed by atoms with Gasteiger partial charge in [0.15, 0.2) is 11.6 Å². The number of aromatic nitrogens is 12. The Kier molecular flexibility index (Phi) is 27.4. The maximum Gasteiger partial charge on any atom is 0.353 e. The average molecular weight is 2030 g/mol. The predicted molar refractivity (Wildman–Crippen MR) is 560 cm³/mol. The molecular weight excluding hydrogens is 1950 g/mol. The molecule has 0 aliphatic heterocycles. The summed E-state index contributed by atoms with van der Waals surface area (Å²) in [6.45, 7) is 5.62. The number of carboxylic acid groups (broad SMARTS) is 4. The highest BCUT2D eigenvalue weighted by molar-refractivity contribution is 6.32. The summed E-state index contributed by atoms with van der Waals surface area (Å²) in [5, 5.41) is 62.7.